The van der Waals surface area contributed by atoms with Gasteiger partial charge in [-0.2, -0.15) is 5.01 Å². The Balaban J connectivity index is 1.78. The molecule has 1 aliphatic heterocycles. The molecule has 1 aromatic rings. The average Bonchev–Trinajstić information content (AvgIpc) is 2.92. The molecule has 1 saturated heterocycles. The minimum Gasteiger partial charge on any atom is -0.322 e. The van der Waals surface area contributed by atoms with Crippen molar-refractivity contribution in [1.82, 2.24) is 15.8 Å². The third kappa shape index (κ3) is 2.39. The van der Waals surface area contributed by atoms with Crippen LogP contribution in [0.1, 0.15) is 52.2 Å². The number of nitrogens with one attached hydrogen (secondary N) is 2. The SMILES string of the molecule is Cc1cc(C(=O)NN2C(=O)NC3(CCCCC3)C2=O)c(C)s1. The fourth-order valence-corrected chi connectivity index (χ4v) is 4.16. The summed E-state index contributed by atoms with van der Waals surface area (Å²) in [6, 6.07) is 1.23. The van der Waals surface area contributed by atoms with E-state index in [9.17, 15) is 14.4 Å². The highest BCUT2D eigenvalue weighted by atomic mass is 32.1. The molecule has 2 N–H and O–H groups in total. The van der Waals surface area contributed by atoms with Gasteiger partial charge in [-0.25, -0.2) is 4.79 Å². The van der Waals surface area contributed by atoms with Gasteiger partial charge in [0.25, 0.3) is 11.8 Å². The van der Waals surface area contributed by atoms with Crippen molar-refractivity contribution in [3.8, 4) is 0 Å². The highest BCUT2D eigenvalue weighted by Gasteiger charge is 2.52. The Labute approximate surface area is 132 Å². The molecule has 0 atom stereocenters. The number of carbonyl (C=O) groups excluding carboxylic acids is 3. The highest BCUT2D eigenvalue weighted by Crippen LogP contribution is 2.33. The first-order valence-corrected chi connectivity index (χ1v) is 8.29. The predicted octanol–water partition coefficient (Wildman–Crippen LogP) is 2.26. The van der Waals surface area contributed by atoms with Crippen LogP contribution in [0.25, 0.3) is 0 Å². The molecule has 6 nitrogen and oxygen atoms in total. The van der Waals surface area contributed by atoms with Crippen LogP contribution in [0.2, 0.25) is 0 Å². The van der Waals surface area contributed by atoms with Crippen molar-refractivity contribution in [2.75, 3.05) is 0 Å². The molecule has 22 heavy (non-hydrogen) atoms. The van der Waals surface area contributed by atoms with Gasteiger partial charge >= 0.3 is 6.03 Å². The molecule has 1 spiro atoms. The van der Waals surface area contributed by atoms with Crippen molar-refractivity contribution < 1.29 is 14.4 Å². The summed E-state index contributed by atoms with van der Waals surface area (Å²) in [7, 11) is 0. The van der Waals surface area contributed by atoms with Crippen molar-refractivity contribution in [2.24, 2.45) is 0 Å². The van der Waals surface area contributed by atoms with E-state index in [4.69, 9.17) is 0 Å². The van der Waals surface area contributed by atoms with E-state index in [1.165, 1.54) is 11.3 Å². The van der Waals surface area contributed by atoms with Crippen LogP contribution in [0, 0.1) is 13.8 Å². The summed E-state index contributed by atoms with van der Waals surface area (Å²) in [5.74, 6) is -0.756. The average molecular weight is 321 g/mol. The van der Waals surface area contributed by atoms with Crippen LogP contribution < -0.4 is 10.7 Å². The van der Waals surface area contributed by atoms with Gasteiger partial charge in [0.05, 0.1) is 5.56 Å². The van der Waals surface area contributed by atoms with Crippen molar-refractivity contribution in [1.29, 1.82) is 0 Å². The number of amides is 4. The van der Waals surface area contributed by atoms with Crippen LogP contribution in [-0.2, 0) is 4.79 Å². The van der Waals surface area contributed by atoms with E-state index in [-0.39, 0.29) is 5.91 Å². The standard InChI is InChI=1S/C15H19N3O3S/c1-9-8-11(10(2)22-9)12(19)17-18-13(20)15(16-14(18)21)6-4-3-5-7-15/h8H,3-7H2,1-2H3,(H,16,21)(H,17,19). The number of imide groups is 1. The van der Waals surface area contributed by atoms with Gasteiger partial charge in [0.2, 0.25) is 0 Å². The first-order valence-electron chi connectivity index (χ1n) is 7.48. The lowest BCUT2D eigenvalue weighted by molar-refractivity contribution is -0.134. The zero-order valence-electron chi connectivity index (χ0n) is 12.7. The Morgan fingerprint density at radius 1 is 1.27 bits per heavy atom. The van der Waals surface area contributed by atoms with E-state index < -0.39 is 17.5 Å². The molecule has 3 rings (SSSR count). The topological polar surface area (TPSA) is 78.5 Å². The molecule has 4 amide bonds. The van der Waals surface area contributed by atoms with Crippen LogP contribution in [0.15, 0.2) is 6.07 Å². The molecule has 7 heteroatoms. The number of hydrazine groups is 1. The van der Waals surface area contributed by atoms with Gasteiger partial charge in [-0.1, -0.05) is 19.3 Å². The van der Waals surface area contributed by atoms with Crippen LogP contribution >= 0.6 is 11.3 Å². The lowest BCUT2D eigenvalue weighted by Crippen LogP contribution is -2.50. The van der Waals surface area contributed by atoms with Crippen LogP contribution in [0.5, 0.6) is 0 Å². The van der Waals surface area contributed by atoms with E-state index in [1.54, 1.807) is 6.07 Å². The number of nitrogens with zero attached hydrogens (tertiary/aromatic N) is 1. The van der Waals surface area contributed by atoms with Crippen molar-refractivity contribution in [3.63, 3.8) is 0 Å². The third-order valence-corrected chi connectivity index (χ3v) is 5.33. The van der Waals surface area contributed by atoms with Gasteiger partial charge in [0, 0.05) is 9.75 Å². The third-order valence-electron chi connectivity index (χ3n) is 4.37. The maximum absolute atomic E-state index is 12.6. The monoisotopic (exact) mass is 321 g/mol. The van der Waals surface area contributed by atoms with E-state index in [0.717, 1.165) is 34.0 Å². The molecular weight excluding hydrogens is 302 g/mol. The molecule has 0 radical (unpaired) electrons. The highest BCUT2D eigenvalue weighted by molar-refractivity contribution is 7.12. The molecule has 2 heterocycles. The number of rotatable bonds is 2. The number of hydrogen-bond acceptors (Lipinski definition) is 4. The van der Waals surface area contributed by atoms with E-state index in [0.29, 0.717) is 18.4 Å². The molecule has 1 saturated carbocycles. The zero-order chi connectivity index (χ0) is 15.9. The Hall–Kier alpha value is -1.89. The number of carbonyl (C=O) groups is 3. The Morgan fingerprint density at radius 2 is 1.95 bits per heavy atom. The first-order chi connectivity index (χ1) is 10.4. The molecule has 2 aliphatic rings. The molecule has 1 aromatic heterocycles. The second-order valence-corrected chi connectivity index (χ2v) is 7.44. The molecule has 1 aliphatic carbocycles. The Bertz CT molecular complexity index is 646. The second kappa shape index (κ2) is 5.39. The summed E-state index contributed by atoms with van der Waals surface area (Å²) in [4.78, 5) is 38.9. The lowest BCUT2D eigenvalue weighted by Gasteiger charge is -2.30. The largest absolute Gasteiger partial charge is 0.344 e. The summed E-state index contributed by atoms with van der Waals surface area (Å²) in [5, 5.41) is 3.62. The number of aryl methyl sites for hydroxylation is 2. The Morgan fingerprint density at radius 3 is 2.55 bits per heavy atom. The lowest BCUT2D eigenvalue weighted by atomic mass is 9.82. The second-order valence-electron chi connectivity index (χ2n) is 5.98. The molecule has 0 bridgehead atoms. The minimum absolute atomic E-state index is 0.338. The fraction of sp³-hybridized carbons (Fsp3) is 0.533. The summed E-state index contributed by atoms with van der Waals surface area (Å²) in [6.07, 6.45) is 4.18. The van der Waals surface area contributed by atoms with Crippen molar-refractivity contribution in [2.45, 2.75) is 51.5 Å². The van der Waals surface area contributed by atoms with E-state index in [2.05, 4.69) is 10.7 Å². The number of hydrogen-bond donors (Lipinski definition) is 2. The van der Waals surface area contributed by atoms with Crippen LogP contribution in [0.3, 0.4) is 0 Å². The maximum atomic E-state index is 12.6. The van der Waals surface area contributed by atoms with E-state index >= 15 is 0 Å². The molecule has 118 valence electrons. The maximum Gasteiger partial charge on any atom is 0.344 e. The van der Waals surface area contributed by atoms with Gasteiger partial charge < -0.3 is 5.32 Å². The van der Waals surface area contributed by atoms with Gasteiger partial charge in [-0.15, -0.1) is 11.3 Å². The summed E-state index contributed by atoms with van der Waals surface area (Å²) in [5.41, 5.74) is 2.15. The summed E-state index contributed by atoms with van der Waals surface area (Å²) < 4.78 is 0. The van der Waals surface area contributed by atoms with Crippen LogP contribution in [0.4, 0.5) is 4.79 Å². The van der Waals surface area contributed by atoms with Gasteiger partial charge in [0.1, 0.15) is 5.54 Å². The van der Waals surface area contributed by atoms with Crippen molar-refractivity contribution >= 4 is 29.2 Å². The van der Waals surface area contributed by atoms with Gasteiger partial charge in [-0.05, 0) is 32.8 Å². The normalized spacial score (nSPS) is 20.4. The Kier molecular flexibility index (Phi) is 3.68. The first kappa shape index (κ1) is 15.0. The predicted molar refractivity (Wildman–Crippen MR) is 82.5 cm³/mol. The molecular formula is C15H19N3O3S. The van der Waals surface area contributed by atoms with Gasteiger partial charge in [0.15, 0.2) is 0 Å². The fourth-order valence-electron chi connectivity index (χ4n) is 3.23. The quantitative estimate of drug-likeness (QED) is 0.820. The molecule has 0 unspecified atom stereocenters. The zero-order valence-corrected chi connectivity index (χ0v) is 13.5. The van der Waals surface area contributed by atoms with Crippen LogP contribution in [-0.4, -0.2) is 28.4 Å². The summed E-state index contributed by atoms with van der Waals surface area (Å²) >= 11 is 1.51. The van der Waals surface area contributed by atoms with Crippen molar-refractivity contribution in [3.05, 3.63) is 21.4 Å². The molecule has 0 aromatic carbocycles. The van der Waals surface area contributed by atoms with E-state index in [1.807, 2.05) is 13.8 Å². The summed E-state index contributed by atoms with van der Waals surface area (Å²) in [6.45, 7) is 3.76. The number of thiophene rings is 1. The van der Waals surface area contributed by atoms with Gasteiger partial charge in [-0.3, -0.25) is 15.0 Å². The minimum atomic E-state index is -0.817. The smallest absolute Gasteiger partial charge is 0.322 e. The molecule has 2 fully saturated rings. The number of urea groups is 1.